The Kier molecular flexibility index (Phi) is 3.64. The first kappa shape index (κ1) is 14.3. The standard InChI is InChI=1S/C15H10BrN3O3/c16-8-5-6-11-10(7-8)13(14(20)17-11)19-18-12-4-2-1-3-9(12)15(21)22/h1-7,17,20H,(H,21,22). The van der Waals surface area contributed by atoms with Gasteiger partial charge in [0.15, 0.2) is 5.69 Å². The smallest absolute Gasteiger partial charge is 0.337 e. The number of benzene rings is 2. The summed E-state index contributed by atoms with van der Waals surface area (Å²) in [6.45, 7) is 0. The third-order valence-corrected chi connectivity index (χ3v) is 3.60. The fraction of sp³-hybridized carbons (Fsp3) is 0. The quantitative estimate of drug-likeness (QED) is 0.588. The summed E-state index contributed by atoms with van der Waals surface area (Å²) in [5.74, 6) is -1.20. The Bertz CT molecular complexity index is 902. The van der Waals surface area contributed by atoms with Gasteiger partial charge in [-0.15, -0.1) is 10.2 Å². The second-order valence-corrected chi connectivity index (χ2v) is 5.45. The van der Waals surface area contributed by atoms with E-state index in [-0.39, 0.29) is 22.8 Å². The van der Waals surface area contributed by atoms with Crippen LogP contribution in [-0.2, 0) is 0 Å². The summed E-state index contributed by atoms with van der Waals surface area (Å²) < 4.78 is 0.835. The number of hydrogen-bond donors (Lipinski definition) is 3. The number of nitrogens with zero attached hydrogens (tertiary/aromatic N) is 2. The Morgan fingerprint density at radius 1 is 1.14 bits per heavy atom. The third kappa shape index (κ3) is 2.58. The van der Waals surface area contributed by atoms with Gasteiger partial charge >= 0.3 is 5.97 Å². The number of carbonyl (C=O) groups is 1. The molecule has 0 unspecified atom stereocenters. The second kappa shape index (κ2) is 5.61. The molecule has 0 aliphatic heterocycles. The van der Waals surface area contributed by atoms with Crippen LogP contribution < -0.4 is 0 Å². The molecule has 3 rings (SSSR count). The Labute approximate surface area is 133 Å². The van der Waals surface area contributed by atoms with Gasteiger partial charge in [0.25, 0.3) is 0 Å². The number of aromatic amines is 1. The molecule has 3 N–H and O–H groups in total. The summed E-state index contributed by atoms with van der Waals surface area (Å²) in [5.41, 5.74) is 1.24. The van der Waals surface area contributed by atoms with E-state index in [1.165, 1.54) is 6.07 Å². The summed E-state index contributed by atoms with van der Waals surface area (Å²) in [4.78, 5) is 13.9. The SMILES string of the molecule is O=C(O)c1ccccc1N=Nc1c(O)[nH]c2ccc(Br)cc12. The highest BCUT2D eigenvalue weighted by molar-refractivity contribution is 9.10. The van der Waals surface area contributed by atoms with Crippen LogP contribution in [0.15, 0.2) is 57.2 Å². The lowest BCUT2D eigenvalue weighted by atomic mass is 10.2. The number of hydrogen-bond acceptors (Lipinski definition) is 4. The average Bonchev–Trinajstić information content (AvgIpc) is 2.80. The molecule has 1 heterocycles. The summed E-state index contributed by atoms with van der Waals surface area (Å²) in [5, 5.41) is 27.7. The van der Waals surface area contributed by atoms with E-state index in [9.17, 15) is 9.90 Å². The monoisotopic (exact) mass is 359 g/mol. The predicted octanol–water partition coefficient (Wildman–Crippen LogP) is 4.75. The average molecular weight is 360 g/mol. The lowest BCUT2D eigenvalue weighted by Gasteiger charge is -1.98. The molecule has 0 saturated heterocycles. The molecule has 6 nitrogen and oxygen atoms in total. The Hall–Kier alpha value is -2.67. The van der Waals surface area contributed by atoms with Crippen LogP contribution in [0.1, 0.15) is 10.4 Å². The molecule has 0 atom stereocenters. The van der Waals surface area contributed by atoms with E-state index in [1.807, 2.05) is 6.07 Å². The number of azo groups is 1. The van der Waals surface area contributed by atoms with Crippen molar-refractivity contribution in [2.45, 2.75) is 0 Å². The van der Waals surface area contributed by atoms with E-state index in [0.29, 0.717) is 10.9 Å². The molecule has 0 aliphatic rings. The maximum atomic E-state index is 11.1. The van der Waals surface area contributed by atoms with Crippen LogP contribution in [0.4, 0.5) is 11.4 Å². The lowest BCUT2D eigenvalue weighted by Crippen LogP contribution is -1.95. The number of rotatable bonds is 3. The summed E-state index contributed by atoms with van der Waals surface area (Å²) >= 11 is 3.36. The van der Waals surface area contributed by atoms with Crippen molar-refractivity contribution in [3.05, 3.63) is 52.5 Å². The number of halogens is 1. The summed E-state index contributed by atoms with van der Waals surface area (Å²) in [6, 6.07) is 11.7. The molecule has 3 aromatic rings. The number of aromatic hydroxyl groups is 1. The number of H-pyrrole nitrogens is 1. The molecule has 22 heavy (non-hydrogen) atoms. The molecule has 0 saturated carbocycles. The molecule has 0 aliphatic carbocycles. The van der Waals surface area contributed by atoms with Crippen LogP contribution in [0.5, 0.6) is 5.88 Å². The van der Waals surface area contributed by atoms with Gasteiger partial charge in [-0.25, -0.2) is 4.79 Å². The minimum atomic E-state index is -1.08. The number of carboxylic acids is 1. The van der Waals surface area contributed by atoms with Crippen molar-refractivity contribution in [3.63, 3.8) is 0 Å². The van der Waals surface area contributed by atoms with Crippen LogP contribution in [0.3, 0.4) is 0 Å². The van der Waals surface area contributed by atoms with E-state index in [1.54, 1.807) is 30.3 Å². The molecule has 110 valence electrons. The highest BCUT2D eigenvalue weighted by atomic mass is 79.9. The fourth-order valence-corrected chi connectivity index (χ4v) is 2.44. The minimum Gasteiger partial charge on any atom is -0.493 e. The third-order valence-electron chi connectivity index (χ3n) is 3.11. The van der Waals surface area contributed by atoms with Crippen LogP contribution in [0.25, 0.3) is 10.9 Å². The molecular formula is C15H10BrN3O3. The molecule has 0 spiro atoms. The molecule has 1 aromatic heterocycles. The topological polar surface area (TPSA) is 98.0 Å². The highest BCUT2D eigenvalue weighted by Crippen LogP contribution is 2.37. The van der Waals surface area contributed by atoms with Gasteiger partial charge in [0.05, 0.1) is 11.1 Å². The Morgan fingerprint density at radius 3 is 2.68 bits per heavy atom. The summed E-state index contributed by atoms with van der Waals surface area (Å²) in [6.07, 6.45) is 0. The number of aromatic carboxylic acids is 1. The van der Waals surface area contributed by atoms with Crippen molar-refractivity contribution < 1.29 is 15.0 Å². The summed E-state index contributed by atoms with van der Waals surface area (Å²) in [7, 11) is 0. The van der Waals surface area contributed by atoms with Crippen molar-refractivity contribution in [3.8, 4) is 5.88 Å². The molecule has 7 heteroatoms. The van der Waals surface area contributed by atoms with Crippen LogP contribution >= 0.6 is 15.9 Å². The molecule has 0 radical (unpaired) electrons. The van der Waals surface area contributed by atoms with E-state index in [0.717, 1.165) is 4.47 Å². The first-order valence-electron chi connectivity index (χ1n) is 6.30. The van der Waals surface area contributed by atoms with Crippen molar-refractivity contribution in [2.24, 2.45) is 10.2 Å². The second-order valence-electron chi connectivity index (χ2n) is 4.53. The van der Waals surface area contributed by atoms with Gasteiger partial charge in [-0.05, 0) is 30.3 Å². The molecule has 0 fully saturated rings. The van der Waals surface area contributed by atoms with E-state index in [2.05, 4.69) is 31.1 Å². The van der Waals surface area contributed by atoms with E-state index >= 15 is 0 Å². The van der Waals surface area contributed by atoms with Gasteiger partial charge in [0.2, 0.25) is 5.88 Å². The Balaban J connectivity index is 2.09. The van der Waals surface area contributed by atoms with Crippen molar-refractivity contribution >= 4 is 44.2 Å². The number of nitrogens with one attached hydrogen (secondary N) is 1. The van der Waals surface area contributed by atoms with Crippen molar-refractivity contribution in [1.29, 1.82) is 0 Å². The van der Waals surface area contributed by atoms with Crippen LogP contribution in [0.2, 0.25) is 0 Å². The molecular weight excluding hydrogens is 350 g/mol. The maximum Gasteiger partial charge on any atom is 0.337 e. The van der Waals surface area contributed by atoms with Crippen molar-refractivity contribution in [1.82, 2.24) is 4.98 Å². The van der Waals surface area contributed by atoms with Crippen LogP contribution in [0, 0.1) is 0 Å². The largest absolute Gasteiger partial charge is 0.493 e. The van der Waals surface area contributed by atoms with E-state index < -0.39 is 5.97 Å². The molecule has 0 bridgehead atoms. The predicted molar refractivity (Wildman–Crippen MR) is 85.2 cm³/mol. The highest BCUT2D eigenvalue weighted by Gasteiger charge is 2.12. The van der Waals surface area contributed by atoms with Gasteiger partial charge in [0.1, 0.15) is 5.69 Å². The van der Waals surface area contributed by atoms with Gasteiger partial charge in [-0.1, -0.05) is 28.1 Å². The molecule has 0 amide bonds. The van der Waals surface area contributed by atoms with Gasteiger partial charge in [0, 0.05) is 9.86 Å². The normalized spacial score (nSPS) is 11.3. The fourth-order valence-electron chi connectivity index (χ4n) is 2.08. The van der Waals surface area contributed by atoms with Gasteiger partial charge in [-0.2, -0.15) is 0 Å². The lowest BCUT2D eigenvalue weighted by molar-refractivity contribution is 0.0697. The zero-order chi connectivity index (χ0) is 15.7. The van der Waals surface area contributed by atoms with Crippen molar-refractivity contribution in [2.75, 3.05) is 0 Å². The van der Waals surface area contributed by atoms with Gasteiger partial charge in [-0.3, -0.25) is 0 Å². The van der Waals surface area contributed by atoms with Gasteiger partial charge < -0.3 is 15.2 Å². The zero-order valence-corrected chi connectivity index (χ0v) is 12.7. The number of aromatic nitrogens is 1. The first-order chi connectivity index (χ1) is 10.6. The minimum absolute atomic E-state index is 0.0479. The zero-order valence-electron chi connectivity index (χ0n) is 11.1. The number of fused-ring (bicyclic) bond motifs is 1. The Morgan fingerprint density at radius 2 is 1.91 bits per heavy atom. The van der Waals surface area contributed by atoms with Crippen LogP contribution in [-0.4, -0.2) is 21.2 Å². The molecule has 2 aromatic carbocycles. The number of carboxylic acid groups (broad SMARTS) is 1. The maximum absolute atomic E-state index is 11.1. The van der Waals surface area contributed by atoms with E-state index in [4.69, 9.17) is 5.11 Å². The first-order valence-corrected chi connectivity index (χ1v) is 7.10.